The number of ether oxygens (including phenoxy) is 1. The maximum atomic E-state index is 13.4. The number of morpholine rings is 1. The van der Waals surface area contributed by atoms with Gasteiger partial charge in [0.25, 0.3) is 0 Å². The van der Waals surface area contributed by atoms with Gasteiger partial charge in [0.2, 0.25) is 12.3 Å². The van der Waals surface area contributed by atoms with Crippen LogP contribution in [0.4, 0.5) is 21.7 Å². The van der Waals surface area contributed by atoms with Crippen LogP contribution >= 0.6 is 15.9 Å². The zero-order chi connectivity index (χ0) is 14.7. The van der Waals surface area contributed by atoms with E-state index in [4.69, 9.17) is 4.74 Å². The third-order valence-corrected chi connectivity index (χ3v) is 3.54. The second-order valence-electron chi connectivity index (χ2n) is 4.59. The number of rotatable bonds is 3. The summed E-state index contributed by atoms with van der Waals surface area (Å²) in [5, 5.41) is 3.16. The van der Waals surface area contributed by atoms with Gasteiger partial charge < -0.3 is 15.0 Å². The number of nitrogens with one attached hydrogen (secondary N) is 1. The lowest BCUT2D eigenvalue weighted by Gasteiger charge is -2.32. The number of para-hydroxylation sites is 2. The Balaban J connectivity index is 1.83. The molecule has 0 saturated carbocycles. The Kier molecular flexibility index (Phi) is 4.31. The van der Waals surface area contributed by atoms with Crippen LogP contribution in [0.3, 0.4) is 0 Å². The minimum atomic E-state index is -1.25. The predicted octanol–water partition coefficient (Wildman–Crippen LogP) is 3.11. The average Bonchev–Trinajstić information content (AvgIpc) is 2.50. The molecule has 1 aromatic heterocycles. The van der Waals surface area contributed by atoms with Crippen LogP contribution < -0.4 is 10.2 Å². The summed E-state index contributed by atoms with van der Waals surface area (Å²) >= 11 is 3.30. The molecule has 1 aliphatic heterocycles. The molecule has 7 heteroatoms. The molecule has 0 aliphatic carbocycles. The molecule has 3 rings (SSSR count). The molecule has 0 radical (unpaired) electrons. The normalized spacial score (nSPS) is 18.6. The molecule has 1 N–H and O–H groups in total. The van der Waals surface area contributed by atoms with Gasteiger partial charge >= 0.3 is 0 Å². The molecule has 2 heterocycles. The van der Waals surface area contributed by atoms with Gasteiger partial charge in [0.15, 0.2) is 0 Å². The molecule has 110 valence electrons. The fourth-order valence-electron chi connectivity index (χ4n) is 2.18. The molecule has 1 unspecified atom stereocenters. The predicted molar refractivity (Wildman–Crippen MR) is 82.5 cm³/mol. The van der Waals surface area contributed by atoms with Crippen molar-refractivity contribution in [1.82, 2.24) is 9.97 Å². The number of alkyl halides is 1. The zero-order valence-corrected chi connectivity index (χ0v) is 12.8. The van der Waals surface area contributed by atoms with E-state index in [-0.39, 0.29) is 6.54 Å². The zero-order valence-electron chi connectivity index (χ0n) is 11.2. The number of hydrogen-bond acceptors (Lipinski definition) is 5. The Morgan fingerprint density at radius 2 is 2.05 bits per heavy atom. The molecule has 1 aromatic carbocycles. The van der Waals surface area contributed by atoms with Crippen LogP contribution in [0.1, 0.15) is 0 Å². The van der Waals surface area contributed by atoms with Crippen molar-refractivity contribution in [2.45, 2.75) is 6.36 Å². The quantitative estimate of drug-likeness (QED) is 0.919. The van der Waals surface area contributed by atoms with Crippen LogP contribution in [0, 0.1) is 0 Å². The molecular formula is C14H14BrFN4O. The summed E-state index contributed by atoms with van der Waals surface area (Å²) < 4.78 is 19.2. The number of anilines is 3. The number of nitrogens with zero attached hydrogens (tertiary/aromatic N) is 3. The SMILES string of the molecule is FC1CN(c2ccccc2Nc2ncc(Br)cn2)CCO1. The van der Waals surface area contributed by atoms with Crippen molar-refractivity contribution in [3.8, 4) is 0 Å². The number of hydrogen-bond donors (Lipinski definition) is 1. The largest absolute Gasteiger partial charge is 0.362 e. The molecule has 1 saturated heterocycles. The van der Waals surface area contributed by atoms with Gasteiger partial charge in [-0.1, -0.05) is 12.1 Å². The van der Waals surface area contributed by atoms with Crippen LogP contribution in [0.25, 0.3) is 0 Å². The second kappa shape index (κ2) is 6.36. The van der Waals surface area contributed by atoms with Crippen molar-refractivity contribution in [2.24, 2.45) is 0 Å². The lowest BCUT2D eigenvalue weighted by atomic mass is 10.2. The molecule has 0 spiro atoms. The minimum absolute atomic E-state index is 0.222. The lowest BCUT2D eigenvalue weighted by Crippen LogP contribution is -2.40. The monoisotopic (exact) mass is 352 g/mol. The van der Waals surface area contributed by atoms with Crippen molar-refractivity contribution in [1.29, 1.82) is 0 Å². The summed E-state index contributed by atoms with van der Waals surface area (Å²) in [5.41, 5.74) is 1.75. The van der Waals surface area contributed by atoms with Gasteiger partial charge in [-0.25, -0.2) is 14.4 Å². The van der Waals surface area contributed by atoms with E-state index in [0.29, 0.717) is 19.1 Å². The third kappa shape index (κ3) is 3.48. The Labute approximate surface area is 130 Å². The fraction of sp³-hybridized carbons (Fsp3) is 0.286. The third-order valence-electron chi connectivity index (χ3n) is 3.14. The standard InChI is InChI=1S/C14H14BrFN4O/c15-10-7-17-14(18-8-10)19-11-3-1-2-4-12(11)20-5-6-21-13(16)9-20/h1-4,7-8,13H,5-6,9H2,(H,17,18,19). The number of halogens is 2. The summed E-state index contributed by atoms with van der Waals surface area (Å²) in [6, 6.07) is 7.70. The van der Waals surface area contributed by atoms with Crippen LogP contribution in [0.15, 0.2) is 41.1 Å². The average molecular weight is 353 g/mol. The number of benzene rings is 1. The maximum absolute atomic E-state index is 13.4. The lowest BCUT2D eigenvalue weighted by molar-refractivity contribution is -0.0464. The highest BCUT2D eigenvalue weighted by molar-refractivity contribution is 9.10. The topological polar surface area (TPSA) is 50.3 Å². The molecule has 21 heavy (non-hydrogen) atoms. The Hall–Kier alpha value is -1.73. The highest BCUT2D eigenvalue weighted by atomic mass is 79.9. The first-order valence-corrected chi connectivity index (χ1v) is 7.36. The van der Waals surface area contributed by atoms with Crippen LogP contribution in [-0.4, -0.2) is 36.0 Å². The van der Waals surface area contributed by atoms with Gasteiger partial charge in [-0.3, -0.25) is 0 Å². The summed E-state index contributed by atoms with van der Waals surface area (Å²) in [6.07, 6.45) is 2.09. The Morgan fingerprint density at radius 1 is 1.29 bits per heavy atom. The van der Waals surface area contributed by atoms with E-state index in [1.807, 2.05) is 29.2 Å². The fourth-order valence-corrected chi connectivity index (χ4v) is 2.38. The van der Waals surface area contributed by atoms with Crippen LogP contribution in [-0.2, 0) is 4.74 Å². The molecule has 1 aliphatic rings. The van der Waals surface area contributed by atoms with E-state index in [0.717, 1.165) is 15.8 Å². The van der Waals surface area contributed by atoms with Crippen molar-refractivity contribution in [3.05, 3.63) is 41.1 Å². The minimum Gasteiger partial charge on any atom is -0.362 e. The van der Waals surface area contributed by atoms with E-state index in [2.05, 4.69) is 31.2 Å². The molecule has 1 fully saturated rings. The number of aromatic nitrogens is 2. The smallest absolute Gasteiger partial charge is 0.227 e. The van der Waals surface area contributed by atoms with Crippen LogP contribution in [0.5, 0.6) is 0 Å². The van der Waals surface area contributed by atoms with Gasteiger partial charge in [0.05, 0.1) is 29.0 Å². The van der Waals surface area contributed by atoms with Crippen LogP contribution in [0.2, 0.25) is 0 Å². The second-order valence-corrected chi connectivity index (χ2v) is 5.51. The van der Waals surface area contributed by atoms with Gasteiger partial charge in [-0.2, -0.15) is 0 Å². The summed E-state index contributed by atoms with van der Waals surface area (Å²) in [4.78, 5) is 10.3. The van der Waals surface area contributed by atoms with Gasteiger partial charge in [-0.15, -0.1) is 0 Å². The van der Waals surface area contributed by atoms with Crippen molar-refractivity contribution in [2.75, 3.05) is 29.9 Å². The van der Waals surface area contributed by atoms with Crippen molar-refractivity contribution >= 4 is 33.3 Å². The Morgan fingerprint density at radius 3 is 2.81 bits per heavy atom. The van der Waals surface area contributed by atoms with E-state index >= 15 is 0 Å². The molecular weight excluding hydrogens is 339 g/mol. The highest BCUT2D eigenvalue weighted by Gasteiger charge is 2.21. The Bertz CT molecular complexity index is 610. The molecule has 1 atom stereocenters. The van der Waals surface area contributed by atoms with E-state index in [9.17, 15) is 4.39 Å². The summed E-state index contributed by atoms with van der Waals surface area (Å²) in [7, 11) is 0. The molecule has 2 aromatic rings. The van der Waals surface area contributed by atoms with Gasteiger partial charge in [0.1, 0.15) is 0 Å². The summed E-state index contributed by atoms with van der Waals surface area (Å²) in [6.45, 7) is 1.25. The van der Waals surface area contributed by atoms with E-state index < -0.39 is 6.36 Å². The summed E-state index contributed by atoms with van der Waals surface area (Å²) in [5.74, 6) is 0.496. The first kappa shape index (κ1) is 14.2. The first-order chi connectivity index (χ1) is 10.2. The first-order valence-electron chi connectivity index (χ1n) is 6.56. The maximum Gasteiger partial charge on any atom is 0.227 e. The van der Waals surface area contributed by atoms with Crippen molar-refractivity contribution in [3.63, 3.8) is 0 Å². The van der Waals surface area contributed by atoms with Crippen molar-refractivity contribution < 1.29 is 9.13 Å². The van der Waals surface area contributed by atoms with Gasteiger partial charge in [-0.05, 0) is 28.1 Å². The van der Waals surface area contributed by atoms with E-state index in [1.165, 1.54) is 0 Å². The highest BCUT2D eigenvalue weighted by Crippen LogP contribution is 2.29. The van der Waals surface area contributed by atoms with E-state index in [1.54, 1.807) is 12.4 Å². The molecule has 0 amide bonds. The molecule has 0 bridgehead atoms. The molecule has 5 nitrogen and oxygen atoms in total. The van der Waals surface area contributed by atoms with Gasteiger partial charge in [0, 0.05) is 18.9 Å².